The summed E-state index contributed by atoms with van der Waals surface area (Å²) >= 11 is 0. The van der Waals surface area contributed by atoms with Gasteiger partial charge in [0, 0.05) is 12.8 Å². The van der Waals surface area contributed by atoms with Crippen LogP contribution in [0.1, 0.15) is 70.6 Å². The fourth-order valence-corrected chi connectivity index (χ4v) is 2.57. The summed E-state index contributed by atoms with van der Waals surface area (Å²) in [5.74, 6) is 1.50. The van der Waals surface area contributed by atoms with Crippen molar-refractivity contribution in [2.45, 2.75) is 70.6 Å². The molecule has 0 unspecified atom stereocenters. The molecule has 2 aliphatic carbocycles. The molecule has 0 bridgehead atoms. The van der Waals surface area contributed by atoms with Gasteiger partial charge in [-0.05, 0) is 24.7 Å². The molecule has 0 saturated heterocycles. The molecule has 0 heterocycles. The predicted molar refractivity (Wildman–Crippen MR) is 67.8 cm³/mol. The van der Waals surface area contributed by atoms with Crippen LogP contribution in [0.4, 0.5) is 0 Å². The van der Waals surface area contributed by atoms with Gasteiger partial charge in [0.2, 0.25) is 0 Å². The van der Waals surface area contributed by atoms with Crippen molar-refractivity contribution in [1.82, 2.24) is 0 Å². The topological polar surface area (TPSA) is 34.1 Å². The second-order valence-electron chi connectivity index (χ2n) is 5.87. The van der Waals surface area contributed by atoms with Crippen LogP contribution in [-0.2, 0) is 9.59 Å². The van der Waals surface area contributed by atoms with Crippen molar-refractivity contribution < 1.29 is 9.59 Å². The molecule has 2 heteroatoms. The normalized spacial score (nSPS) is 20.0. The van der Waals surface area contributed by atoms with Gasteiger partial charge in [0.05, 0.1) is 0 Å². The lowest BCUT2D eigenvalue weighted by Crippen LogP contribution is -2.15. The Morgan fingerprint density at radius 2 is 1.24 bits per heavy atom. The third-order valence-corrected chi connectivity index (χ3v) is 4.27. The minimum atomic E-state index is -0.112. The molecular weight excluding hydrogens is 212 g/mol. The summed E-state index contributed by atoms with van der Waals surface area (Å²) < 4.78 is 0. The van der Waals surface area contributed by atoms with Crippen molar-refractivity contribution in [2.24, 2.45) is 11.8 Å². The molecule has 0 aromatic carbocycles. The number of ketones is 2. The molecule has 0 aromatic heterocycles. The van der Waals surface area contributed by atoms with E-state index >= 15 is 0 Å². The van der Waals surface area contributed by atoms with Gasteiger partial charge in [-0.1, -0.05) is 44.9 Å². The van der Waals surface area contributed by atoms with Gasteiger partial charge in [-0.15, -0.1) is 0 Å². The monoisotopic (exact) mass is 236 g/mol. The van der Waals surface area contributed by atoms with E-state index in [1.165, 1.54) is 32.1 Å². The molecule has 2 aliphatic rings. The Morgan fingerprint density at radius 1 is 0.765 bits per heavy atom. The first-order valence-electron chi connectivity index (χ1n) is 7.31. The third-order valence-electron chi connectivity index (χ3n) is 4.27. The van der Waals surface area contributed by atoms with Crippen LogP contribution in [-0.4, -0.2) is 11.6 Å². The van der Waals surface area contributed by atoms with Crippen molar-refractivity contribution >= 4 is 11.6 Å². The molecule has 2 nitrogen and oxygen atoms in total. The Kier molecular flexibility index (Phi) is 4.75. The molecule has 0 N–H and O–H groups in total. The Balaban J connectivity index is 1.49. The van der Waals surface area contributed by atoms with Crippen LogP contribution in [0.2, 0.25) is 0 Å². The smallest absolute Gasteiger partial charge is 0.198 e. The molecule has 0 atom stereocenters. The van der Waals surface area contributed by atoms with Crippen LogP contribution < -0.4 is 0 Å². The standard InChI is InChI=1S/C15H24O2/c16-14(8-2-6-12-4-1-5-12)15(17)9-3-7-13-10-11-13/h12-13H,1-11H2. The SMILES string of the molecule is O=C(CCCC1CCC1)C(=O)CCCC1CC1. The third kappa shape index (κ3) is 4.61. The highest BCUT2D eigenvalue weighted by atomic mass is 16.2. The van der Waals surface area contributed by atoms with Crippen molar-refractivity contribution in [3.8, 4) is 0 Å². The Hall–Kier alpha value is -0.660. The summed E-state index contributed by atoms with van der Waals surface area (Å²) in [6.07, 6.45) is 11.9. The minimum Gasteiger partial charge on any atom is -0.291 e. The van der Waals surface area contributed by atoms with E-state index in [0.717, 1.165) is 37.5 Å². The van der Waals surface area contributed by atoms with Gasteiger partial charge in [-0.2, -0.15) is 0 Å². The quantitative estimate of drug-likeness (QED) is 0.572. The summed E-state index contributed by atoms with van der Waals surface area (Å²) in [6, 6.07) is 0. The average molecular weight is 236 g/mol. The Morgan fingerprint density at radius 3 is 1.59 bits per heavy atom. The Bertz CT molecular complexity index is 275. The summed E-state index contributed by atoms with van der Waals surface area (Å²) in [5, 5.41) is 0. The molecule has 2 saturated carbocycles. The lowest BCUT2D eigenvalue weighted by atomic mass is 9.81. The van der Waals surface area contributed by atoms with Crippen molar-refractivity contribution in [1.29, 1.82) is 0 Å². The number of hydrogen-bond donors (Lipinski definition) is 0. The minimum absolute atomic E-state index is 0.111. The molecule has 96 valence electrons. The molecule has 0 amide bonds. The van der Waals surface area contributed by atoms with Crippen LogP contribution in [0, 0.1) is 11.8 Å². The van der Waals surface area contributed by atoms with Crippen molar-refractivity contribution in [2.75, 3.05) is 0 Å². The van der Waals surface area contributed by atoms with E-state index in [1.54, 1.807) is 0 Å². The van der Waals surface area contributed by atoms with Crippen LogP contribution in [0.5, 0.6) is 0 Å². The maximum atomic E-state index is 11.6. The van der Waals surface area contributed by atoms with Crippen LogP contribution in [0.3, 0.4) is 0 Å². The first kappa shape index (κ1) is 12.8. The first-order chi connectivity index (χ1) is 8.25. The maximum absolute atomic E-state index is 11.6. The van der Waals surface area contributed by atoms with Gasteiger partial charge in [0.1, 0.15) is 0 Å². The number of carbonyl (C=O) groups is 2. The molecule has 0 aliphatic heterocycles. The highest BCUT2D eigenvalue weighted by Crippen LogP contribution is 2.34. The fourth-order valence-electron chi connectivity index (χ4n) is 2.57. The van der Waals surface area contributed by atoms with Crippen molar-refractivity contribution in [3.05, 3.63) is 0 Å². The molecule has 0 spiro atoms. The van der Waals surface area contributed by atoms with Gasteiger partial charge >= 0.3 is 0 Å². The van der Waals surface area contributed by atoms with Crippen LogP contribution in [0.25, 0.3) is 0 Å². The van der Waals surface area contributed by atoms with E-state index in [-0.39, 0.29) is 11.6 Å². The predicted octanol–water partition coefficient (Wildman–Crippen LogP) is 3.68. The number of carbonyl (C=O) groups excluding carboxylic acids is 2. The second kappa shape index (κ2) is 6.32. The Labute approximate surface area is 104 Å². The molecule has 2 fully saturated rings. The van der Waals surface area contributed by atoms with E-state index in [9.17, 15) is 9.59 Å². The van der Waals surface area contributed by atoms with E-state index in [4.69, 9.17) is 0 Å². The van der Waals surface area contributed by atoms with Crippen molar-refractivity contribution in [3.63, 3.8) is 0 Å². The summed E-state index contributed by atoms with van der Waals surface area (Å²) in [4.78, 5) is 23.1. The van der Waals surface area contributed by atoms with Gasteiger partial charge in [-0.3, -0.25) is 9.59 Å². The highest BCUT2D eigenvalue weighted by molar-refractivity contribution is 6.37. The van der Waals surface area contributed by atoms with Gasteiger partial charge in [0.15, 0.2) is 11.6 Å². The summed E-state index contributed by atoms with van der Waals surface area (Å²) in [5.41, 5.74) is 0. The fraction of sp³-hybridized carbons (Fsp3) is 0.867. The zero-order chi connectivity index (χ0) is 12.1. The largest absolute Gasteiger partial charge is 0.291 e. The van der Waals surface area contributed by atoms with E-state index in [0.29, 0.717) is 12.8 Å². The summed E-state index contributed by atoms with van der Waals surface area (Å²) in [6.45, 7) is 0. The first-order valence-corrected chi connectivity index (χ1v) is 7.31. The van der Waals surface area contributed by atoms with Gasteiger partial charge in [-0.25, -0.2) is 0 Å². The van der Waals surface area contributed by atoms with E-state index in [1.807, 2.05) is 0 Å². The van der Waals surface area contributed by atoms with Crippen LogP contribution in [0.15, 0.2) is 0 Å². The molecule has 2 rings (SSSR count). The van der Waals surface area contributed by atoms with E-state index < -0.39 is 0 Å². The molecule has 0 aromatic rings. The number of rotatable bonds is 9. The van der Waals surface area contributed by atoms with E-state index in [2.05, 4.69) is 0 Å². The van der Waals surface area contributed by atoms with Gasteiger partial charge < -0.3 is 0 Å². The molecule has 17 heavy (non-hydrogen) atoms. The molecule has 0 radical (unpaired) electrons. The zero-order valence-electron chi connectivity index (χ0n) is 10.7. The number of hydrogen-bond acceptors (Lipinski definition) is 2. The number of Topliss-reactive ketones (excluding diaryl/α,β-unsaturated/α-hetero) is 2. The second-order valence-corrected chi connectivity index (χ2v) is 5.87. The maximum Gasteiger partial charge on any atom is 0.198 e. The average Bonchev–Trinajstić information content (AvgIpc) is 3.05. The van der Waals surface area contributed by atoms with Gasteiger partial charge in [0.25, 0.3) is 0 Å². The summed E-state index contributed by atoms with van der Waals surface area (Å²) in [7, 11) is 0. The molecular formula is C15H24O2. The highest BCUT2D eigenvalue weighted by Gasteiger charge is 2.22. The zero-order valence-corrected chi connectivity index (χ0v) is 10.7. The van der Waals surface area contributed by atoms with Crippen LogP contribution >= 0.6 is 0 Å². The lowest BCUT2D eigenvalue weighted by Gasteiger charge is -2.24. The lowest BCUT2D eigenvalue weighted by molar-refractivity contribution is -0.136.